The van der Waals surface area contributed by atoms with Crippen LogP contribution in [0, 0.1) is 0 Å². The van der Waals surface area contributed by atoms with E-state index in [9.17, 15) is 4.79 Å². The van der Waals surface area contributed by atoms with Crippen molar-refractivity contribution in [3.05, 3.63) is 45.9 Å². The molecule has 5 nitrogen and oxygen atoms in total. The number of carbonyl (C=O) groups excluding carboxylic acids is 1. The van der Waals surface area contributed by atoms with Gasteiger partial charge in [0.15, 0.2) is 11.5 Å². The van der Waals surface area contributed by atoms with Crippen LogP contribution in [0.4, 0.5) is 5.69 Å². The summed E-state index contributed by atoms with van der Waals surface area (Å²) >= 11 is 12.1. The normalized spacial score (nSPS) is 12.7. The molecular weight excluding hydrogens is 341 g/mol. The molecule has 7 heteroatoms. The molecule has 0 fully saturated rings. The molecule has 1 aliphatic heterocycles. The Bertz CT molecular complexity index is 764. The summed E-state index contributed by atoms with van der Waals surface area (Å²) in [5, 5.41) is 3.52. The number of nitrogens with one attached hydrogen (secondary N) is 1. The van der Waals surface area contributed by atoms with Crippen LogP contribution < -0.4 is 19.5 Å². The third-order valence-corrected chi connectivity index (χ3v) is 3.83. The first-order valence-corrected chi connectivity index (χ1v) is 7.58. The van der Waals surface area contributed by atoms with Crippen molar-refractivity contribution in [2.24, 2.45) is 0 Å². The van der Waals surface area contributed by atoms with Gasteiger partial charge in [-0.05, 0) is 18.2 Å². The topological polar surface area (TPSA) is 56.8 Å². The van der Waals surface area contributed by atoms with Crippen LogP contribution in [0.2, 0.25) is 10.0 Å². The molecule has 2 aromatic rings. The fourth-order valence-corrected chi connectivity index (χ4v) is 2.58. The molecule has 0 saturated carbocycles. The molecule has 0 spiro atoms. The van der Waals surface area contributed by atoms with E-state index < -0.39 is 0 Å². The van der Waals surface area contributed by atoms with E-state index in [-0.39, 0.29) is 5.91 Å². The van der Waals surface area contributed by atoms with Crippen LogP contribution in [-0.4, -0.2) is 26.2 Å². The highest BCUT2D eigenvalue weighted by molar-refractivity contribution is 6.34. The van der Waals surface area contributed by atoms with E-state index in [4.69, 9.17) is 37.4 Å². The molecule has 0 aromatic heterocycles. The maximum atomic E-state index is 12.5. The van der Waals surface area contributed by atoms with Gasteiger partial charge in [-0.15, -0.1) is 0 Å². The van der Waals surface area contributed by atoms with Crippen molar-refractivity contribution < 1.29 is 19.0 Å². The molecule has 0 radical (unpaired) electrons. The van der Waals surface area contributed by atoms with Crippen LogP contribution in [0.15, 0.2) is 30.3 Å². The van der Waals surface area contributed by atoms with Gasteiger partial charge in [-0.2, -0.15) is 0 Å². The second-order valence-corrected chi connectivity index (χ2v) is 5.62. The lowest BCUT2D eigenvalue weighted by molar-refractivity contribution is 0.102. The Morgan fingerprint density at radius 3 is 2.52 bits per heavy atom. The van der Waals surface area contributed by atoms with Crippen molar-refractivity contribution in [1.82, 2.24) is 0 Å². The minimum atomic E-state index is -0.386. The van der Waals surface area contributed by atoms with Gasteiger partial charge < -0.3 is 19.5 Å². The van der Waals surface area contributed by atoms with E-state index in [0.29, 0.717) is 51.8 Å². The van der Waals surface area contributed by atoms with Crippen molar-refractivity contribution in [2.75, 3.05) is 25.6 Å². The monoisotopic (exact) mass is 353 g/mol. The number of halogens is 2. The average Bonchev–Trinajstić information content (AvgIpc) is 2.55. The van der Waals surface area contributed by atoms with E-state index in [0.717, 1.165) is 0 Å². The lowest BCUT2D eigenvalue weighted by Crippen LogP contribution is -2.17. The highest BCUT2D eigenvalue weighted by Gasteiger charge is 2.18. The van der Waals surface area contributed by atoms with Crippen molar-refractivity contribution >= 4 is 34.8 Å². The highest BCUT2D eigenvalue weighted by Crippen LogP contribution is 2.38. The fraction of sp³-hybridized carbons (Fsp3) is 0.188. The third kappa shape index (κ3) is 3.30. The Balaban J connectivity index is 1.90. The Hall–Kier alpha value is -2.11. The minimum absolute atomic E-state index is 0.311. The first-order valence-electron chi connectivity index (χ1n) is 6.82. The van der Waals surface area contributed by atoms with E-state index in [1.54, 1.807) is 24.3 Å². The average molecular weight is 354 g/mol. The van der Waals surface area contributed by atoms with Gasteiger partial charge in [-0.3, -0.25) is 4.79 Å². The van der Waals surface area contributed by atoms with Crippen LogP contribution in [0.1, 0.15) is 10.4 Å². The van der Waals surface area contributed by atoms with Gasteiger partial charge in [-0.1, -0.05) is 23.2 Å². The van der Waals surface area contributed by atoms with Crippen LogP contribution in [0.25, 0.3) is 0 Å². The number of anilines is 1. The minimum Gasteiger partial charge on any atom is -0.496 e. The zero-order valence-corrected chi connectivity index (χ0v) is 13.7. The molecule has 1 heterocycles. The summed E-state index contributed by atoms with van der Waals surface area (Å²) in [6.07, 6.45) is 0. The van der Waals surface area contributed by atoms with Crippen molar-refractivity contribution in [3.8, 4) is 17.2 Å². The molecule has 1 N–H and O–H groups in total. The van der Waals surface area contributed by atoms with Gasteiger partial charge in [0.1, 0.15) is 19.0 Å². The number of benzene rings is 2. The summed E-state index contributed by atoms with van der Waals surface area (Å²) in [5.41, 5.74) is 0.730. The molecule has 23 heavy (non-hydrogen) atoms. The number of ether oxygens (including phenoxy) is 3. The largest absolute Gasteiger partial charge is 0.496 e. The molecular formula is C16H13Cl2NO4. The summed E-state index contributed by atoms with van der Waals surface area (Å²) in [6, 6.07) is 8.05. The van der Waals surface area contributed by atoms with Gasteiger partial charge in [0.2, 0.25) is 0 Å². The number of carbonyl (C=O) groups is 1. The summed E-state index contributed by atoms with van der Waals surface area (Å²) in [6.45, 7) is 0.916. The smallest absolute Gasteiger partial charge is 0.259 e. The molecule has 2 aromatic carbocycles. The van der Waals surface area contributed by atoms with Crippen molar-refractivity contribution in [3.63, 3.8) is 0 Å². The molecule has 120 valence electrons. The molecule has 1 amide bonds. The lowest BCUT2D eigenvalue weighted by Gasteiger charge is -2.20. The molecule has 0 bridgehead atoms. The summed E-state index contributed by atoms with van der Waals surface area (Å²) in [5.74, 6) is 1.12. The highest BCUT2D eigenvalue weighted by atomic mass is 35.5. The number of amides is 1. The maximum Gasteiger partial charge on any atom is 0.259 e. The second-order valence-electron chi connectivity index (χ2n) is 4.77. The maximum absolute atomic E-state index is 12.5. The predicted octanol–water partition coefficient (Wildman–Crippen LogP) is 4.03. The van der Waals surface area contributed by atoms with E-state index in [1.165, 1.54) is 13.2 Å². The zero-order chi connectivity index (χ0) is 16.4. The standard InChI is InChI=1S/C16H13Cl2NO4/c1-21-13-3-2-9(17)6-10(13)16(20)19-12-8-15-14(7-11(12)18)22-4-5-23-15/h2-3,6-8H,4-5H2,1H3,(H,19,20). The first-order chi connectivity index (χ1) is 11.1. The Labute approximate surface area is 143 Å². The van der Waals surface area contributed by atoms with Gasteiger partial charge in [0, 0.05) is 17.2 Å². The lowest BCUT2D eigenvalue weighted by atomic mass is 10.1. The van der Waals surface area contributed by atoms with E-state index >= 15 is 0 Å². The SMILES string of the molecule is COc1ccc(Cl)cc1C(=O)Nc1cc2c(cc1Cl)OCCO2. The van der Waals surface area contributed by atoms with Gasteiger partial charge in [0.25, 0.3) is 5.91 Å². The predicted molar refractivity (Wildman–Crippen MR) is 88.4 cm³/mol. The Morgan fingerprint density at radius 2 is 1.83 bits per heavy atom. The number of methoxy groups -OCH3 is 1. The van der Waals surface area contributed by atoms with Gasteiger partial charge in [0.05, 0.1) is 23.4 Å². The van der Waals surface area contributed by atoms with Crippen LogP contribution >= 0.6 is 23.2 Å². The second kappa shape index (κ2) is 6.56. The molecule has 0 atom stereocenters. The summed E-state index contributed by atoms with van der Waals surface area (Å²) < 4.78 is 16.1. The summed E-state index contributed by atoms with van der Waals surface area (Å²) in [7, 11) is 1.48. The van der Waals surface area contributed by atoms with Crippen LogP contribution in [-0.2, 0) is 0 Å². The number of rotatable bonds is 3. The third-order valence-electron chi connectivity index (χ3n) is 3.29. The van der Waals surface area contributed by atoms with Gasteiger partial charge >= 0.3 is 0 Å². The molecule has 1 aliphatic rings. The molecule has 0 unspecified atom stereocenters. The number of hydrogen-bond acceptors (Lipinski definition) is 4. The Morgan fingerprint density at radius 1 is 1.13 bits per heavy atom. The van der Waals surface area contributed by atoms with Crippen LogP contribution in [0.5, 0.6) is 17.2 Å². The number of hydrogen-bond donors (Lipinski definition) is 1. The molecule has 0 saturated heterocycles. The number of fused-ring (bicyclic) bond motifs is 1. The molecule has 3 rings (SSSR count). The molecule has 0 aliphatic carbocycles. The quantitative estimate of drug-likeness (QED) is 0.904. The van der Waals surface area contributed by atoms with Crippen LogP contribution in [0.3, 0.4) is 0 Å². The van der Waals surface area contributed by atoms with Gasteiger partial charge in [-0.25, -0.2) is 0 Å². The first kappa shape index (κ1) is 15.8. The summed E-state index contributed by atoms with van der Waals surface area (Å²) in [4.78, 5) is 12.5. The fourth-order valence-electron chi connectivity index (χ4n) is 2.21. The van der Waals surface area contributed by atoms with Crippen molar-refractivity contribution in [1.29, 1.82) is 0 Å². The Kier molecular flexibility index (Phi) is 4.50. The zero-order valence-electron chi connectivity index (χ0n) is 12.2. The van der Waals surface area contributed by atoms with E-state index in [2.05, 4.69) is 5.32 Å². The van der Waals surface area contributed by atoms with E-state index in [1.807, 2.05) is 0 Å². The van der Waals surface area contributed by atoms with Crippen molar-refractivity contribution in [2.45, 2.75) is 0 Å².